The Morgan fingerprint density at radius 3 is 2.52 bits per heavy atom. The average molecular weight is 536 g/mol. The molecule has 2 N–H and O–H groups in total. The molecule has 2 heterocycles. The third-order valence-corrected chi connectivity index (χ3v) is 5.79. The fourth-order valence-corrected chi connectivity index (χ4v) is 3.88. The summed E-state index contributed by atoms with van der Waals surface area (Å²) in [5, 5.41) is 17.0. The van der Waals surface area contributed by atoms with Crippen LogP contribution in [-0.4, -0.2) is 24.7 Å². The fourth-order valence-electron chi connectivity index (χ4n) is 2.93. The van der Waals surface area contributed by atoms with Gasteiger partial charge in [0, 0.05) is 22.4 Å². The van der Waals surface area contributed by atoms with Crippen LogP contribution in [0.25, 0.3) is 0 Å². The summed E-state index contributed by atoms with van der Waals surface area (Å²) in [6, 6.07) is 15.4. The molecule has 0 amide bonds. The van der Waals surface area contributed by atoms with E-state index in [9.17, 15) is 0 Å². The van der Waals surface area contributed by atoms with Crippen LogP contribution in [0.15, 0.2) is 71.6 Å². The number of halogens is 3. The van der Waals surface area contributed by atoms with Gasteiger partial charge in [-0.25, -0.2) is 0 Å². The van der Waals surface area contributed by atoms with E-state index < -0.39 is 0 Å². The maximum Gasteiger partial charge on any atom is 0.176 e. The van der Waals surface area contributed by atoms with Crippen molar-refractivity contribution in [1.82, 2.24) is 19.6 Å². The Bertz CT molecular complexity index is 1200. The van der Waals surface area contributed by atoms with E-state index in [1.165, 1.54) is 0 Å². The van der Waals surface area contributed by atoms with Gasteiger partial charge in [-0.15, -0.1) is 0 Å². The van der Waals surface area contributed by atoms with Gasteiger partial charge in [-0.2, -0.15) is 10.2 Å². The first-order valence-electron chi connectivity index (χ1n) is 9.27. The summed E-state index contributed by atoms with van der Waals surface area (Å²) in [6.45, 7) is 1.19. The summed E-state index contributed by atoms with van der Waals surface area (Å²) in [6.07, 6.45) is 5.46. The monoisotopic (exact) mass is 534 g/mol. The summed E-state index contributed by atoms with van der Waals surface area (Å²) in [7, 11) is 0. The van der Waals surface area contributed by atoms with Crippen LogP contribution in [-0.2, 0) is 13.1 Å². The van der Waals surface area contributed by atoms with Gasteiger partial charge in [0.05, 0.1) is 29.4 Å². The van der Waals surface area contributed by atoms with Gasteiger partial charge >= 0.3 is 0 Å². The Kier molecular flexibility index (Phi) is 6.92. The standard InChI is InChI=1S/C21H17BrCl2N6S/c22-18-13-30(10-14-5-7-16(23)8-6-14)28-20(18)27-21(31)26-17-9-25-29(12-17)11-15-3-1-2-4-19(15)24/h1-9,12-13H,10-11H2,(H2,26,27,28,31). The van der Waals surface area contributed by atoms with Crippen molar-refractivity contribution in [3.63, 3.8) is 0 Å². The van der Waals surface area contributed by atoms with Crippen LogP contribution in [0.3, 0.4) is 0 Å². The summed E-state index contributed by atoms with van der Waals surface area (Å²) < 4.78 is 4.42. The Morgan fingerprint density at radius 2 is 1.74 bits per heavy atom. The number of aromatic nitrogens is 4. The van der Waals surface area contributed by atoms with E-state index in [-0.39, 0.29) is 0 Å². The molecule has 2 aromatic heterocycles. The molecule has 0 spiro atoms. The zero-order chi connectivity index (χ0) is 21.8. The van der Waals surface area contributed by atoms with Crippen molar-refractivity contribution in [2.24, 2.45) is 0 Å². The predicted molar refractivity (Wildman–Crippen MR) is 133 cm³/mol. The van der Waals surface area contributed by atoms with Gasteiger partial charge < -0.3 is 10.6 Å². The third-order valence-electron chi connectivity index (χ3n) is 4.39. The van der Waals surface area contributed by atoms with E-state index in [0.29, 0.717) is 34.1 Å². The Morgan fingerprint density at radius 1 is 0.968 bits per heavy atom. The molecule has 0 bridgehead atoms. The number of benzene rings is 2. The number of hydrogen-bond donors (Lipinski definition) is 2. The number of anilines is 2. The van der Waals surface area contributed by atoms with Crippen molar-refractivity contribution in [2.75, 3.05) is 10.6 Å². The Labute approximate surface area is 203 Å². The molecule has 4 aromatic rings. The number of rotatable bonds is 6. The average Bonchev–Trinajstić information content (AvgIpc) is 3.31. The van der Waals surface area contributed by atoms with Crippen molar-refractivity contribution < 1.29 is 0 Å². The highest BCUT2D eigenvalue weighted by Crippen LogP contribution is 2.22. The molecule has 6 nitrogen and oxygen atoms in total. The number of thiocarbonyl (C=S) groups is 1. The van der Waals surface area contributed by atoms with Crippen LogP contribution in [0.1, 0.15) is 11.1 Å². The van der Waals surface area contributed by atoms with E-state index in [4.69, 9.17) is 35.4 Å². The molecule has 0 fully saturated rings. The van der Waals surface area contributed by atoms with Crippen LogP contribution in [0.5, 0.6) is 0 Å². The molecule has 0 aliphatic heterocycles. The van der Waals surface area contributed by atoms with Gasteiger partial charge in [-0.1, -0.05) is 53.5 Å². The molecule has 0 aliphatic rings. The van der Waals surface area contributed by atoms with Crippen LogP contribution in [0.4, 0.5) is 11.5 Å². The summed E-state index contributed by atoms with van der Waals surface area (Å²) in [5.41, 5.74) is 2.86. The van der Waals surface area contributed by atoms with Crippen LogP contribution in [0, 0.1) is 0 Å². The van der Waals surface area contributed by atoms with Crippen LogP contribution < -0.4 is 10.6 Å². The Hall–Kier alpha value is -2.39. The molecule has 0 aliphatic carbocycles. The number of hydrogen-bond acceptors (Lipinski definition) is 3. The molecule has 158 valence electrons. The minimum Gasteiger partial charge on any atom is -0.330 e. The second-order valence-electron chi connectivity index (χ2n) is 6.75. The molecular weight excluding hydrogens is 519 g/mol. The van der Waals surface area contributed by atoms with Gasteiger partial charge in [-0.3, -0.25) is 9.36 Å². The van der Waals surface area contributed by atoms with Crippen LogP contribution in [0.2, 0.25) is 10.0 Å². The minimum atomic E-state index is 0.412. The highest BCUT2D eigenvalue weighted by atomic mass is 79.9. The SMILES string of the molecule is S=C(Nc1cnn(Cc2ccccc2Cl)c1)Nc1nn(Cc2ccc(Cl)cc2)cc1Br. The van der Waals surface area contributed by atoms with Gasteiger partial charge in [0.1, 0.15) is 0 Å². The topological polar surface area (TPSA) is 59.7 Å². The zero-order valence-corrected chi connectivity index (χ0v) is 20.0. The van der Waals surface area contributed by atoms with Crippen molar-refractivity contribution in [3.8, 4) is 0 Å². The van der Waals surface area contributed by atoms with Crippen LogP contribution >= 0.6 is 51.3 Å². The minimum absolute atomic E-state index is 0.412. The summed E-state index contributed by atoms with van der Waals surface area (Å²) in [4.78, 5) is 0. The number of nitrogens with one attached hydrogen (secondary N) is 2. The van der Waals surface area contributed by atoms with Crippen molar-refractivity contribution in [2.45, 2.75) is 13.1 Å². The molecule has 4 rings (SSSR count). The largest absolute Gasteiger partial charge is 0.330 e. The van der Waals surface area contributed by atoms with E-state index in [2.05, 4.69) is 36.8 Å². The Balaban J connectivity index is 1.36. The lowest BCUT2D eigenvalue weighted by atomic mass is 10.2. The molecule has 0 saturated heterocycles. The highest BCUT2D eigenvalue weighted by molar-refractivity contribution is 9.10. The van der Waals surface area contributed by atoms with Gasteiger partial charge in [-0.05, 0) is 57.5 Å². The maximum atomic E-state index is 6.22. The van der Waals surface area contributed by atoms with E-state index in [0.717, 1.165) is 21.3 Å². The highest BCUT2D eigenvalue weighted by Gasteiger charge is 2.10. The van der Waals surface area contributed by atoms with E-state index >= 15 is 0 Å². The van der Waals surface area contributed by atoms with Gasteiger partial charge in [0.2, 0.25) is 0 Å². The lowest BCUT2D eigenvalue weighted by molar-refractivity contribution is 0.687. The van der Waals surface area contributed by atoms with E-state index in [1.54, 1.807) is 10.9 Å². The molecule has 0 atom stereocenters. The van der Waals surface area contributed by atoms with Crippen molar-refractivity contribution >= 4 is 68.0 Å². The lowest BCUT2D eigenvalue weighted by Crippen LogP contribution is -2.19. The molecule has 0 unspecified atom stereocenters. The molecule has 2 aromatic carbocycles. The number of nitrogens with zero attached hydrogens (tertiary/aromatic N) is 4. The lowest BCUT2D eigenvalue weighted by Gasteiger charge is -2.07. The fraction of sp³-hybridized carbons (Fsp3) is 0.0952. The quantitative estimate of drug-likeness (QED) is 0.294. The first kappa shape index (κ1) is 21.8. The normalized spacial score (nSPS) is 10.8. The van der Waals surface area contributed by atoms with Crippen molar-refractivity contribution in [1.29, 1.82) is 0 Å². The molecule has 0 radical (unpaired) electrons. The zero-order valence-electron chi connectivity index (χ0n) is 16.1. The van der Waals surface area contributed by atoms with E-state index in [1.807, 2.05) is 65.6 Å². The summed E-state index contributed by atoms with van der Waals surface area (Å²) >= 11 is 21.1. The maximum absolute atomic E-state index is 6.22. The third kappa shape index (κ3) is 5.86. The predicted octanol–water partition coefficient (Wildman–Crippen LogP) is 6.05. The molecule has 31 heavy (non-hydrogen) atoms. The van der Waals surface area contributed by atoms with Crippen molar-refractivity contribution in [3.05, 3.63) is 92.8 Å². The smallest absolute Gasteiger partial charge is 0.176 e. The second kappa shape index (κ2) is 9.82. The van der Waals surface area contributed by atoms with Gasteiger partial charge in [0.25, 0.3) is 0 Å². The first-order chi connectivity index (χ1) is 15.0. The molecule has 10 heteroatoms. The molecular formula is C21H17BrCl2N6S. The summed E-state index contributed by atoms with van der Waals surface area (Å²) in [5.74, 6) is 0.620. The first-order valence-corrected chi connectivity index (χ1v) is 11.2. The van der Waals surface area contributed by atoms with Gasteiger partial charge in [0.15, 0.2) is 10.9 Å². The second-order valence-corrected chi connectivity index (χ2v) is 8.85. The molecule has 0 saturated carbocycles.